The second-order valence-electron chi connectivity index (χ2n) is 5.18. The maximum absolute atomic E-state index is 12.0. The lowest BCUT2D eigenvalue weighted by Gasteiger charge is -2.29. The summed E-state index contributed by atoms with van der Waals surface area (Å²) in [4.78, 5) is 35.2. The molecule has 1 aromatic carbocycles. The summed E-state index contributed by atoms with van der Waals surface area (Å²) < 4.78 is 20.3. The predicted molar refractivity (Wildman–Crippen MR) is 80.1 cm³/mol. The third-order valence-corrected chi connectivity index (χ3v) is 4.11. The van der Waals surface area contributed by atoms with Crippen LogP contribution in [0.5, 0.6) is 0 Å². The Bertz CT molecular complexity index is 854. The van der Waals surface area contributed by atoms with Crippen molar-refractivity contribution < 1.29 is 33.0 Å². The smallest absolute Gasteiger partial charge is 0.421 e. The number of furan rings is 1. The van der Waals surface area contributed by atoms with E-state index in [4.69, 9.17) is 36.0 Å². The Morgan fingerprint density at radius 1 is 1.33 bits per heavy atom. The Labute approximate surface area is 140 Å². The van der Waals surface area contributed by atoms with Crippen LogP contribution in [-0.4, -0.2) is 31.1 Å². The van der Waals surface area contributed by atoms with Crippen molar-refractivity contribution in [2.24, 2.45) is 5.73 Å². The van der Waals surface area contributed by atoms with Crippen LogP contribution in [-0.2, 0) is 29.6 Å². The van der Waals surface area contributed by atoms with Crippen LogP contribution < -0.4 is 5.73 Å². The highest BCUT2D eigenvalue weighted by atomic mass is 35.5. The molecule has 1 aromatic heterocycles. The molecule has 0 aliphatic carbocycles. The van der Waals surface area contributed by atoms with Crippen LogP contribution in [0.25, 0.3) is 11.0 Å². The summed E-state index contributed by atoms with van der Waals surface area (Å²) in [7, 11) is 1.19. The van der Waals surface area contributed by atoms with E-state index in [0.717, 1.165) is 0 Å². The van der Waals surface area contributed by atoms with Crippen LogP contribution in [0.4, 0.5) is 0 Å². The van der Waals surface area contributed by atoms with E-state index in [9.17, 15) is 14.4 Å². The number of rotatable bonds is 3. The molecule has 1 fully saturated rings. The first-order valence-corrected chi connectivity index (χ1v) is 7.20. The van der Waals surface area contributed by atoms with Gasteiger partial charge in [0.2, 0.25) is 0 Å². The molecule has 126 valence electrons. The molecule has 1 atom stereocenters. The molecule has 24 heavy (non-hydrogen) atoms. The number of carbonyl (C=O) groups is 3. The maximum atomic E-state index is 12.0. The van der Waals surface area contributed by atoms with E-state index in [1.807, 2.05) is 0 Å². The fourth-order valence-corrected chi connectivity index (χ4v) is 2.83. The number of benzene rings is 1. The Balaban J connectivity index is 2.34. The number of fused-ring (bicyclic) bond motifs is 1. The van der Waals surface area contributed by atoms with Crippen molar-refractivity contribution in [1.82, 2.24) is 0 Å². The van der Waals surface area contributed by atoms with E-state index in [-0.39, 0.29) is 21.7 Å². The fourth-order valence-electron chi connectivity index (χ4n) is 2.55. The minimum atomic E-state index is -1.93. The normalized spacial score (nSPS) is 17.5. The van der Waals surface area contributed by atoms with Gasteiger partial charge in [-0.3, -0.25) is 0 Å². The van der Waals surface area contributed by atoms with Gasteiger partial charge >= 0.3 is 23.7 Å². The van der Waals surface area contributed by atoms with Gasteiger partial charge in [-0.1, -0.05) is 11.6 Å². The molecule has 1 aliphatic heterocycles. The number of cyclic esters (lactones) is 2. The molecule has 2 aromatic rings. The first kappa shape index (κ1) is 16.3. The van der Waals surface area contributed by atoms with Gasteiger partial charge in [-0.2, -0.15) is 0 Å². The highest BCUT2D eigenvalue weighted by molar-refractivity contribution is 6.38. The Morgan fingerprint density at radius 3 is 2.50 bits per heavy atom. The molecule has 2 N–H and O–H groups in total. The highest BCUT2D eigenvalue weighted by Gasteiger charge is 2.54. The number of ether oxygens (including phenoxy) is 3. The molecular weight excluding hydrogens is 342 g/mol. The lowest BCUT2D eigenvalue weighted by atomic mass is 9.95. The number of nitrogens with two attached hydrogens (primary N) is 1. The number of hydrogen-bond donors (Lipinski definition) is 1. The van der Waals surface area contributed by atoms with Crippen LogP contribution in [0.3, 0.4) is 0 Å². The minimum absolute atomic E-state index is 0.0120. The van der Waals surface area contributed by atoms with Gasteiger partial charge in [0.1, 0.15) is 5.58 Å². The minimum Gasteiger partial charge on any atom is -0.465 e. The van der Waals surface area contributed by atoms with E-state index in [2.05, 4.69) is 0 Å². The summed E-state index contributed by atoms with van der Waals surface area (Å²) >= 11 is 6.21. The van der Waals surface area contributed by atoms with Crippen molar-refractivity contribution in [1.29, 1.82) is 0 Å². The molecule has 1 unspecified atom stereocenters. The van der Waals surface area contributed by atoms with Crippen molar-refractivity contribution in [2.75, 3.05) is 7.11 Å². The van der Waals surface area contributed by atoms with Crippen LogP contribution in [0.2, 0.25) is 5.02 Å². The van der Waals surface area contributed by atoms with E-state index < -0.39 is 29.7 Å². The Morgan fingerprint density at radius 2 is 1.96 bits per heavy atom. The van der Waals surface area contributed by atoms with Gasteiger partial charge in [0.25, 0.3) is 0 Å². The van der Waals surface area contributed by atoms with Crippen molar-refractivity contribution in [2.45, 2.75) is 18.8 Å². The summed E-state index contributed by atoms with van der Waals surface area (Å²) in [6, 6.07) is 1.84. The molecule has 0 amide bonds. The van der Waals surface area contributed by atoms with Gasteiger partial charge in [-0.05, 0) is 19.1 Å². The van der Waals surface area contributed by atoms with Crippen LogP contribution in [0, 0.1) is 0 Å². The molecule has 2 heterocycles. The van der Waals surface area contributed by atoms with Gasteiger partial charge in [-0.15, -0.1) is 0 Å². The van der Waals surface area contributed by atoms with Crippen molar-refractivity contribution in [3.8, 4) is 0 Å². The summed E-state index contributed by atoms with van der Waals surface area (Å²) in [5.74, 6) is -5.04. The molecule has 9 heteroatoms. The quantitative estimate of drug-likeness (QED) is 0.651. The summed E-state index contributed by atoms with van der Waals surface area (Å²) in [5.41, 5.74) is 6.15. The topological polar surface area (TPSA) is 118 Å². The van der Waals surface area contributed by atoms with E-state index in [1.54, 1.807) is 0 Å². The molecular formula is C15H12ClNO7. The number of esters is 3. The third-order valence-electron chi connectivity index (χ3n) is 3.71. The zero-order valence-electron chi connectivity index (χ0n) is 12.6. The van der Waals surface area contributed by atoms with Gasteiger partial charge < -0.3 is 24.4 Å². The Kier molecular flexibility index (Phi) is 3.73. The standard InChI is InChI=1S/C15H12ClNO7/c1-6(17)15(23-13(19)14(20)24-15)9-5-8(12(18)21-2)10(16)7-3-4-22-11(7)9/h3-6H,17H2,1-2H3. The summed E-state index contributed by atoms with van der Waals surface area (Å²) in [6.45, 7) is 1.48. The SMILES string of the molecule is COC(=O)c1cc(C2(C(C)N)OC(=O)C(=O)O2)c2occc2c1Cl. The molecule has 1 aliphatic rings. The average Bonchev–Trinajstić information content (AvgIpc) is 3.13. The van der Waals surface area contributed by atoms with Crippen molar-refractivity contribution >= 4 is 40.5 Å². The van der Waals surface area contributed by atoms with E-state index in [1.165, 1.54) is 32.4 Å². The predicted octanol–water partition coefficient (Wildman–Crippen LogP) is 1.47. The number of methoxy groups -OCH3 is 1. The van der Waals surface area contributed by atoms with E-state index in [0.29, 0.717) is 5.39 Å². The zero-order chi connectivity index (χ0) is 17.6. The molecule has 0 radical (unpaired) electrons. The number of halogens is 1. The first-order valence-electron chi connectivity index (χ1n) is 6.82. The zero-order valence-corrected chi connectivity index (χ0v) is 13.4. The van der Waals surface area contributed by atoms with Gasteiger partial charge in [0, 0.05) is 5.39 Å². The summed E-state index contributed by atoms with van der Waals surface area (Å²) in [6.07, 6.45) is 1.33. The highest BCUT2D eigenvalue weighted by Crippen LogP contribution is 2.42. The number of hydrogen-bond acceptors (Lipinski definition) is 8. The maximum Gasteiger partial charge on any atom is 0.421 e. The van der Waals surface area contributed by atoms with Gasteiger partial charge in [0.15, 0.2) is 0 Å². The van der Waals surface area contributed by atoms with Crippen molar-refractivity contribution in [3.05, 3.63) is 34.5 Å². The largest absolute Gasteiger partial charge is 0.465 e. The lowest BCUT2D eigenvalue weighted by molar-refractivity contribution is -0.190. The summed E-state index contributed by atoms with van der Waals surface area (Å²) in [5, 5.41) is 0.443. The first-order chi connectivity index (χ1) is 11.3. The van der Waals surface area contributed by atoms with Crippen molar-refractivity contribution in [3.63, 3.8) is 0 Å². The lowest BCUT2D eigenvalue weighted by Crippen LogP contribution is -2.45. The third kappa shape index (κ3) is 2.15. The van der Waals surface area contributed by atoms with E-state index >= 15 is 0 Å². The molecule has 3 rings (SSSR count). The van der Waals surface area contributed by atoms with Crippen LogP contribution in [0.15, 0.2) is 22.8 Å². The molecule has 0 bridgehead atoms. The second kappa shape index (κ2) is 5.50. The van der Waals surface area contributed by atoms with Gasteiger partial charge in [0.05, 0.1) is 35.6 Å². The molecule has 8 nitrogen and oxygen atoms in total. The van der Waals surface area contributed by atoms with Crippen LogP contribution >= 0.6 is 11.6 Å². The molecule has 1 saturated heterocycles. The second-order valence-corrected chi connectivity index (χ2v) is 5.55. The van der Waals surface area contributed by atoms with Gasteiger partial charge in [-0.25, -0.2) is 14.4 Å². The molecule has 0 spiro atoms. The fraction of sp³-hybridized carbons (Fsp3) is 0.267. The number of carbonyl (C=O) groups excluding carboxylic acids is 3. The van der Waals surface area contributed by atoms with Crippen LogP contribution in [0.1, 0.15) is 22.8 Å². The average molecular weight is 354 g/mol. The monoisotopic (exact) mass is 353 g/mol. The Hall–Kier alpha value is -2.58. The molecule has 0 saturated carbocycles.